The monoisotopic (exact) mass is 317 g/mol. The van der Waals surface area contributed by atoms with Crippen LogP contribution < -0.4 is 4.74 Å². The Morgan fingerprint density at radius 3 is 2.56 bits per heavy atom. The molecule has 0 amide bonds. The first-order valence-electron chi connectivity index (χ1n) is 5.69. The minimum absolute atomic E-state index is 0.138. The van der Waals surface area contributed by atoms with E-state index in [0.717, 1.165) is 6.42 Å². The van der Waals surface area contributed by atoms with Gasteiger partial charge in [-0.3, -0.25) is 10.1 Å². The van der Waals surface area contributed by atoms with Crippen LogP contribution in [0, 0.1) is 10.1 Å². The van der Waals surface area contributed by atoms with Crippen LogP contribution in [0.15, 0.2) is 16.6 Å². The van der Waals surface area contributed by atoms with Crippen LogP contribution in [-0.2, 0) is 0 Å². The molecule has 0 heterocycles. The van der Waals surface area contributed by atoms with Gasteiger partial charge in [-0.2, -0.15) is 0 Å². The lowest BCUT2D eigenvalue weighted by Crippen LogP contribution is -2.13. The summed E-state index contributed by atoms with van der Waals surface area (Å²) >= 11 is 3.20. The molecule has 5 nitrogen and oxygen atoms in total. The fourth-order valence-corrected chi connectivity index (χ4v) is 1.92. The molecule has 0 aliphatic carbocycles. The Balaban J connectivity index is 3.36. The van der Waals surface area contributed by atoms with E-state index in [2.05, 4.69) is 15.9 Å². The average Bonchev–Trinajstić information content (AvgIpc) is 2.29. The Hall–Kier alpha value is -1.14. The van der Waals surface area contributed by atoms with Crippen LogP contribution in [0.1, 0.15) is 38.9 Å². The third-order valence-corrected chi connectivity index (χ3v) is 3.06. The Morgan fingerprint density at radius 2 is 2.11 bits per heavy atom. The zero-order valence-electron chi connectivity index (χ0n) is 10.5. The molecule has 1 aromatic carbocycles. The van der Waals surface area contributed by atoms with Gasteiger partial charge in [0.2, 0.25) is 5.75 Å². The summed E-state index contributed by atoms with van der Waals surface area (Å²) in [7, 11) is 0. The van der Waals surface area contributed by atoms with Crippen LogP contribution in [0.25, 0.3) is 0 Å². The molecule has 0 saturated heterocycles. The summed E-state index contributed by atoms with van der Waals surface area (Å²) in [5.41, 5.74) is 0.275. The maximum absolute atomic E-state index is 11.0. The normalized spacial score (nSPS) is 14.1. The van der Waals surface area contributed by atoms with Gasteiger partial charge in [0.1, 0.15) is 0 Å². The molecule has 1 rings (SSSR count). The second-order valence-electron chi connectivity index (χ2n) is 4.11. The zero-order valence-corrected chi connectivity index (χ0v) is 12.1. The molecule has 0 bridgehead atoms. The molecular weight excluding hydrogens is 302 g/mol. The van der Waals surface area contributed by atoms with Crippen LogP contribution in [-0.4, -0.2) is 16.1 Å². The SMILES string of the molecule is CCC(C)Oc1c([C@H](C)O)cc(Br)cc1[N+](=O)[O-]. The van der Waals surface area contributed by atoms with Gasteiger partial charge in [0, 0.05) is 16.1 Å². The molecule has 0 aliphatic heterocycles. The van der Waals surface area contributed by atoms with E-state index in [0.29, 0.717) is 10.0 Å². The molecule has 0 spiro atoms. The van der Waals surface area contributed by atoms with E-state index >= 15 is 0 Å². The van der Waals surface area contributed by atoms with Crippen LogP contribution in [0.3, 0.4) is 0 Å². The van der Waals surface area contributed by atoms with E-state index < -0.39 is 11.0 Å². The van der Waals surface area contributed by atoms with Gasteiger partial charge < -0.3 is 9.84 Å². The number of rotatable bonds is 5. The highest BCUT2D eigenvalue weighted by Crippen LogP contribution is 2.38. The van der Waals surface area contributed by atoms with Crippen molar-refractivity contribution in [3.63, 3.8) is 0 Å². The van der Waals surface area contributed by atoms with Crippen LogP contribution in [0.2, 0.25) is 0 Å². The van der Waals surface area contributed by atoms with Gasteiger partial charge in [-0.25, -0.2) is 0 Å². The lowest BCUT2D eigenvalue weighted by atomic mass is 10.1. The lowest BCUT2D eigenvalue weighted by Gasteiger charge is -2.17. The first kappa shape index (κ1) is 14.9. The highest BCUT2D eigenvalue weighted by atomic mass is 79.9. The van der Waals surface area contributed by atoms with Gasteiger partial charge in [-0.15, -0.1) is 0 Å². The molecule has 1 N–H and O–H groups in total. The number of halogens is 1. The van der Waals surface area contributed by atoms with Gasteiger partial charge in [0.25, 0.3) is 0 Å². The lowest BCUT2D eigenvalue weighted by molar-refractivity contribution is -0.386. The first-order valence-corrected chi connectivity index (χ1v) is 6.48. The van der Waals surface area contributed by atoms with Gasteiger partial charge in [-0.05, 0) is 26.3 Å². The van der Waals surface area contributed by atoms with E-state index in [1.54, 1.807) is 13.0 Å². The molecule has 0 fully saturated rings. The number of benzene rings is 1. The fraction of sp³-hybridized carbons (Fsp3) is 0.500. The van der Waals surface area contributed by atoms with Crippen molar-refractivity contribution in [2.24, 2.45) is 0 Å². The summed E-state index contributed by atoms with van der Waals surface area (Å²) in [6.45, 7) is 5.31. The minimum Gasteiger partial charge on any atom is -0.484 e. The van der Waals surface area contributed by atoms with Gasteiger partial charge in [0.15, 0.2) is 0 Å². The first-order chi connectivity index (χ1) is 8.36. The van der Waals surface area contributed by atoms with Crippen LogP contribution in [0.4, 0.5) is 5.69 Å². The Labute approximate surface area is 114 Å². The molecule has 18 heavy (non-hydrogen) atoms. The summed E-state index contributed by atoms with van der Waals surface area (Å²) in [5, 5.41) is 20.7. The molecule has 0 aromatic heterocycles. The molecule has 0 radical (unpaired) electrons. The third kappa shape index (κ3) is 3.43. The number of nitro groups is 1. The fourth-order valence-electron chi connectivity index (χ4n) is 1.46. The molecule has 0 aliphatic rings. The number of nitro benzene ring substituents is 1. The molecule has 100 valence electrons. The summed E-state index contributed by atoms with van der Waals surface area (Å²) in [4.78, 5) is 10.5. The highest BCUT2D eigenvalue weighted by molar-refractivity contribution is 9.10. The van der Waals surface area contributed by atoms with Crippen molar-refractivity contribution in [2.45, 2.75) is 39.4 Å². The zero-order chi connectivity index (χ0) is 13.9. The number of aliphatic hydroxyl groups excluding tert-OH is 1. The second-order valence-corrected chi connectivity index (χ2v) is 5.03. The minimum atomic E-state index is -0.833. The van der Waals surface area contributed by atoms with Crippen molar-refractivity contribution in [2.75, 3.05) is 0 Å². The van der Waals surface area contributed by atoms with E-state index in [9.17, 15) is 15.2 Å². The molecule has 1 unspecified atom stereocenters. The molecule has 6 heteroatoms. The highest BCUT2D eigenvalue weighted by Gasteiger charge is 2.24. The molecule has 1 aromatic rings. The topological polar surface area (TPSA) is 72.6 Å². The van der Waals surface area contributed by atoms with Crippen molar-refractivity contribution in [3.8, 4) is 5.75 Å². The van der Waals surface area contributed by atoms with Crippen molar-refractivity contribution in [1.29, 1.82) is 0 Å². The van der Waals surface area contributed by atoms with E-state index in [-0.39, 0.29) is 17.5 Å². The van der Waals surface area contributed by atoms with E-state index in [1.165, 1.54) is 6.07 Å². The largest absolute Gasteiger partial charge is 0.484 e. The quantitative estimate of drug-likeness (QED) is 0.665. The Kier molecular flexibility index (Phi) is 5.10. The Morgan fingerprint density at radius 1 is 1.50 bits per heavy atom. The number of hydrogen-bond acceptors (Lipinski definition) is 4. The van der Waals surface area contributed by atoms with E-state index in [4.69, 9.17) is 4.74 Å². The summed E-state index contributed by atoms with van der Waals surface area (Å²) in [6, 6.07) is 3.01. The maximum Gasteiger partial charge on any atom is 0.312 e. The van der Waals surface area contributed by atoms with Crippen molar-refractivity contribution in [3.05, 3.63) is 32.3 Å². The average molecular weight is 318 g/mol. The molecule has 2 atom stereocenters. The van der Waals surface area contributed by atoms with Crippen molar-refractivity contribution >= 4 is 21.6 Å². The summed E-state index contributed by atoms with van der Waals surface area (Å²) in [6.07, 6.45) is -0.255. The molecular formula is C12H16BrNO4. The van der Waals surface area contributed by atoms with Crippen LogP contribution >= 0.6 is 15.9 Å². The number of nitrogens with zero attached hydrogens (tertiary/aromatic N) is 1. The van der Waals surface area contributed by atoms with Crippen molar-refractivity contribution < 1.29 is 14.8 Å². The molecule has 0 saturated carbocycles. The number of aliphatic hydroxyl groups is 1. The number of ether oxygens (including phenoxy) is 1. The summed E-state index contributed by atoms with van der Waals surface area (Å²) < 4.78 is 6.12. The second kappa shape index (κ2) is 6.15. The number of hydrogen-bond donors (Lipinski definition) is 1. The smallest absolute Gasteiger partial charge is 0.312 e. The van der Waals surface area contributed by atoms with Gasteiger partial charge in [-0.1, -0.05) is 22.9 Å². The van der Waals surface area contributed by atoms with Gasteiger partial charge in [0.05, 0.1) is 17.1 Å². The standard InChI is InChI=1S/C12H16BrNO4/c1-4-7(2)18-12-10(8(3)15)5-9(13)6-11(12)14(16)17/h5-8,15H,4H2,1-3H3/t7?,8-/m0/s1. The van der Waals surface area contributed by atoms with Crippen molar-refractivity contribution in [1.82, 2.24) is 0 Å². The predicted octanol–water partition coefficient (Wildman–Crippen LogP) is 3.59. The van der Waals surface area contributed by atoms with Gasteiger partial charge >= 0.3 is 5.69 Å². The van der Waals surface area contributed by atoms with E-state index in [1.807, 2.05) is 13.8 Å². The maximum atomic E-state index is 11.0. The third-order valence-electron chi connectivity index (χ3n) is 2.60. The summed E-state index contributed by atoms with van der Waals surface area (Å²) in [5.74, 6) is 0.146. The Bertz CT molecular complexity index is 448. The predicted molar refractivity (Wildman–Crippen MR) is 71.8 cm³/mol. The van der Waals surface area contributed by atoms with Crippen LogP contribution in [0.5, 0.6) is 5.75 Å².